The van der Waals surface area contributed by atoms with Crippen molar-refractivity contribution >= 4 is 17.5 Å². The van der Waals surface area contributed by atoms with Gasteiger partial charge in [0.1, 0.15) is 23.0 Å². The van der Waals surface area contributed by atoms with Crippen molar-refractivity contribution < 1.29 is 9.21 Å². The van der Waals surface area contributed by atoms with Crippen molar-refractivity contribution in [2.45, 2.75) is 19.9 Å². The van der Waals surface area contributed by atoms with Crippen LogP contribution in [0.1, 0.15) is 40.2 Å². The van der Waals surface area contributed by atoms with E-state index in [4.69, 9.17) is 16.0 Å². The molecule has 0 fully saturated rings. The summed E-state index contributed by atoms with van der Waals surface area (Å²) < 4.78 is 7.34. The maximum Gasteiger partial charge on any atom is 0.256 e. The molecule has 5 nitrogen and oxygen atoms in total. The first-order chi connectivity index (χ1) is 12.0. The van der Waals surface area contributed by atoms with Crippen LogP contribution in [0.4, 0.5) is 0 Å². The van der Waals surface area contributed by atoms with Gasteiger partial charge in [-0.05, 0) is 43.7 Å². The number of furan rings is 1. The number of rotatable bonds is 4. The molecule has 0 aliphatic carbocycles. The van der Waals surface area contributed by atoms with E-state index in [1.165, 1.54) is 0 Å². The zero-order valence-electron chi connectivity index (χ0n) is 13.8. The molecule has 1 N–H and O–H groups in total. The molecule has 3 aromatic rings. The summed E-state index contributed by atoms with van der Waals surface area (Å²) in [7, 11) is 0. The van der Waals surface area contributed by atoms with Crippen molar-refractivity contribution in [3.05, 3.63) is 76.3 Å². The lowest BCUT2D eigenvalue weighted by atomic mass is 10.1. The molecule has 0 unspecified atom stereocenters. The number of nitrogens with zero attached hydrogens (tertiary/aromatic N) is 2. The Kier molecular flexibility index (Phi) is 4.64. The number of hydrogen-bond donors (Lipinski definition) is 1. The smallest absolute Gasteiger partial charge is 0.256 e. The Morgan fingerprint density at radius 3 is 2.52 bits per heavy atom. The molecule has 0 aliphatic heterocycles. The quantitative estimate of drug-likeness (QED) is 0.755. The minimum Gasteiger partial charge on any atom is -0.443 e. The zero-order valence-corrected chi connectivity index (χ0v) is 14.5. The molecule has 0 saturated carbocycles. The largest absolute Gasteiger partial charge is 0.443 e. The molecular weight excluding hydrogens is 338 g/mol. The van der Waals surface area contributed by atoms with Gasteiger partial charge >= 0.3 is 0 Å². The highest BCUT2D eigenvalue weighted by atomic mass is 35.5. The molecule has 0 spiro atoms. The molecule has 126 valence electrons. The van der Waals surface area contributed by atoms with Gasteiger partial charge in [0, 0.05) is 17.4 Å². The molecule has 1 atom stereocenters. The van der Waals surface area contributed by atoms with Crippen LogP contribution >= 0.6 is 11.6 Å². The van der Waals surface area contributed by atoms with Gasteiger partial charge in [0.25, 0.3) is 5.91 Å². The Morgan fingerprint density at radius 2 is 1.92 bits per heavy atom. The number of aromatic nitrogens is 1. The molecule has 6 heteroatoms. The van der Waals surface area contributed by atoms with E-state index in [1.807, 2.05) is 31.2 Å². The van der Waals surface area contributed by atoms with E-state index in [0.717, 1.165) is 5.56 Å². The highest BCUT2D eigenvalue weighted by molar-refractivity contribution is 6.30. The summed E-state index contributed by atoms with van der Waals surface area (Å²) in [5, 5.41) is 13.1. The average molecular weight is 354 g/mol. The Morgan fingerprint density at radius 1 is 1.28 bits per heavy atom. The van der Waals surface area contributed by atoms with Crippen LogP contribution < -0.4 is 5.32 Å². The molecule has 1 amide bonds. The summed E-state index contributed by atoms with van der Waals surface area (Å²) in [5.74, 6) is 0.397. The molecule has 0 aliphatic rings. The second-order valence-electron chi connectivity index (χ2n) is 5.66. The molecule has 0 saturated heterocycles. The van der Waals surface area contributed by atoms with Gasteiger partial charge < -0.3 is 9.73 Å². The van der Waals surface area contributed by atoms with E-state index >= 15 is 0 Å². The van der Waals surface area contributed by atoms with Crippen molar-refractivity contribution in [2.24, 2.45) is 0 Å². The number of nitriles is 1. The van der Waals surface area contributed by atoms with Crippen molar-refractivity contribution in [2.75, 3.05) is 0 Å². The Bertz CT molecular complexity index is 934. The second-order valence-corrected chi connectivity index (χ2v) is 6.10. The standard InChI is InChI=1S/C19H16ClN3O2/c1-12(14-5-7-15(20)8-6-14)22-18(24)17-13(2)25-19(16(17)11-21)23-9-3-4-10-23/h3-10,12H,1-2H3,(H,22,24)/t12-/m0/s1. The van der Waals surface area contributed by atoms with E-state index in [2.05, 4.69) is 11.4 Å². The Labute approximate surface area is 150 Å². The minimum atomic E-state index is -0.348. The lowest BCUT2D eigenvalue weighted by Gasteiger charge is -2.14. The predicted molar refractivity (Wildman–Crippen MR) is 94.8 cm³/mol. The lowest BCUT2D eigenvalue weighted by Crippen LogP contribution is -2.27. The van der Waals surface area contributed by atoms with E-state index in [0.29, 0.717) is 16.7 Å². The van der Waals surface area contributed by atoms with Crippen molar-refractivity contribution in [3.63, 3.8) is 0 Å². The zero-order chi connectivity index (χ0) is 18.0. The molecular formula is C19H16ClN3O2. The summed E-state index contributed by atoms with van der Waals surface area (Å²) >= 11 is 5.89. The normalized spacial score (nSPS) is 11.8. The molecule has 2 heterocycles. The van der Waals surface area contributed by atoms with Crippen molar-refractivity contribution in [3.8, 4) is 12.0 Å². The van der Waals surface area contributed by atoms with Crippen LogP contribution in [0.15, 0.2) is 53.2 Å². The Hall–Kier alpha value is -2.97. The van der Waals surface area contributed by atoms with Gasteiger partial charge in [0.2, 0.25) is 5.88 Å². The maximum absolute atomic E-state index is 12.7. The lowest BCUT2D eigenvalue weighted by molar-refractivity contribution is 0.0938. The van der Waals surface area contributed by atoms with Gasteiger partial charge in [-0.25, -0.2) is 0 Å². The first kappa shape index (κ1) is 16.9. The third-order valence-corrected chi connectivity index (χ3v) is 4.21. The molecule has 2 aromatic heterocycles. The number of carbonyl (C=O) groups is 1. The van der Waals surface area contributed by atoms with Crippen LogP contribution in [0.2, 0.25) is 5.02 Å². The van der Waals surface area contributed by atoms with Crippen molar-refractivity contribution in [1.82, 2.24) is 9.88 Å². The van der Waals surface area contributed by atoms with E-state index in [9.17, 15) is 10.1 Å². The highest BCUT2D eigenvalue weighted by Gasteiger charge is 2.25. The minimum absolute atomic E-state index is 0.217. The summed E-state index contributed by atoms with van der Waals surface area (Å²) in [6.45, 7) is 3.55. The van der Waals surface area contributed by atoms with Gasteiger partial charge in [-0.2, -0.15) is 5.26 Å². The molecule has 1 aromatic carbocycles. The number of aryl methyl sites for hydroxylation is 1. The van der Waals surface area contributed by atoms with Gasteiger partial charge in [-0.3, -0.25) is 9.36 Å². The summed E-state index contributed by atoms with van der Waals surface area (Å²) in [6.07, 6.45) is 3.52. The number of carbonyl (C=O) groups excluding carboxylic acids is 1. The van der Waals surface area contributed by atoms with E-state index in [1.54, 1.807) is 36.0 Å². The summed E-state index contributed by atoms with van der Waals surface area (Å²) in [5.41, 5.74) is 1.39. The van der Waals surface area contributed by atoms with Crippen LogP contribution in [0.3, 0.4) is 0 Å². The number of halogens is 1. The van der Waals surface area contributed by atoms with Gasteiger partial charge in [-0.15, -0.1) is 0 Å². The first-order valence-corrected chi connectivity index (χ1v) is 8.12. The molecule has 3 rings (SSSR count). The summed E-state index contributed by atoms with van der Waals surface area (Å²) in [6, 6.07) is 12.7. The number of hydrogen-bond acceptors (Lipinski definition) is 3. The topological polar surface area (TPSA) is 71.0 Å². The average Bonchev–Trinajstić information content (AvgIpc) is 3.22. The first-order valence-electron chi connectivity index (χ1n) is 7.74. The van der Waals surface area contributed by atoms with Crippen LogP contribution in [-0.4, -0.2) is 10.5 Å². The number of amides is 1. The fourth-order valence-electron chi connectivity index (χ4n) is 2.66. The van der Waals surface area contributed by atoms with Gasteiger partial charge in [-0.1, -0.05) is 23.7 Å². The molecule has 25 heavy (non-hydrogen) atoms. The predicted octanol–water partition coefficient (Wildman–Crippen LogP) is 4.39. The highest BCUT2D eigenvalue weighted by Crippen LogP contribution is 2.26. The van der Waals surface area contributed by atoms with Crippen LogP contribution in [0.25, 0.3) is 5.88 Å². The molecule has 0 bridgehead atoms. The maximum atomic E-state index is 12.7. The fraction of sp³-hybridized carbons (Fsp3) is 0.158. The SMILES string of the molecule is Cc1oc(-n2cccc2)c(C#N)c1C(=O)N[C@@H](C)c1ccc(Cl)cc1. The number of benzene rings is 1. The van der Waals surface area contributed by atoms with Gasteiger partial charge in [0.15, 0.2) is 0 Å². The Balaban J connectivity index is 1.90. The van der Waals surface area contributed by atoms with Crippen LogP contribution in [-0.2, 0) is 0 Å². The summed E-state index contributed by atoms with van der Waals surface area (Å²) in [4.78, 5) is 12.7. The number of nitrogens with one attached hydrogen (secondary N) is 1. The van der Waals surface area contributed by atoms with Crippen LogP contribution in [0, 0.1) is 18.3 Å². The van der Waals surface area contributed by atoms with E-state index in [-0.39, 0.29) is 23.1 Å². The second kappa shape index (κ2) is 6.88. The van der Waals surface area contributed by atoms with Crippen molar-refractivity contribution in [1.29, 1.82) is 5.26 Å². The fourth-order valence-corrected chi connectivity index (χ4v) is 2.79. The third-order valence-electron chi connectivity index (χ3n) is 3.96. The molecule has 0 radical (unpaired) electrons. The monoisotopic (exact) mass is 353 g/mol. The van der Waals surface area contributed by atoms with E-state index < -0.39 is 0 Å². The van der Waals surface area contributed by atoms with Crippen LogP contribution in [0.5, 0.6) is 0 Å². The van der Waals surface area contributed by atoms with Gasteiger partial charge in [0.05, 0.1) is 6.04 Å². The third kappa shape index (κ3) is 3.30.